The van der Waals surface area contributed by atoms with Gasteiger partial charge in [0.25, 0.3) is 0 Å². The number of rotatable bonds is 15. The highest BCUT2D eigenvalue weighted by Gasteiger charge is 2.28. The first-order valence-electron chi connectivity index (χ1n) is 13.7. The van der Waals surface area contributed by atoms with E-state index < -0.39 is 12.1 Å². The molecule has 2 aromatic carbocycles. The largest absolute Gasteiger partial charge is 0.481 e. The van der Waals surface area contributed by atoms with E-state index in [1.165, 1.54) is 11.1 Å². The van der Waals surface area contributed by atoms with E-state index in [2.05, 4.69) is 43.4 Å². The number of unbranched alkanes of at least 4 members (excludes halogenated alkanes) is 1. The van der Waals surface area contributed by atoms with Crippen LogP contribution < -0.4 is 5.32 Å². The average molecular weight is 514 g/mol. The molecule has 6 heteroatoms. The lowest BCUT2D eigenvalue weighted by Gasteiger charge is -2.31. The van der Waals surface area contributed by atoms with Crippen molar-refractivity contribution in [2.75, 3.05) is 13.2 Å². The summed E-state index contributed by atoms with van der Waals surface area (Å²) in [5, 5.41) is 23.1. The van der Waals surface area contributed by atoms with Gasteiger partial charge in [0.05, 0.1) is 18.8 Å². The SMILES string of the molecule is CC[C@@H](OC[C@H](O)CNC(C)(C)CC1Cc2ccccc2C1)c1cc(F)c(C)cc1CCCCC(=O)O. The Bertz CT molecular complexity index is 1010. The fourth-order valence-corrected chi connectivity index (χ4v) is 5.56. The van der Waals surface area contributed by atoms with Crippen LogP contribution in [0, 0.1) is 18.7 Å². The Balaban J connectivity index is 1.51. The van der Waals surface area contributed by atoms with Crippen LogP contribution in [0.3, 0.4) is 0 Å². The minimum Gasteiger partial charge on any atom is -0.481 e. The van der Waals surface area contributed by atoms with Gasteiger partial charge in [-0.3, -0.25) is 4.79 Å². The Labute approximate surface area is 221 Å². The number of halogens is 1. The molecule has 3 N–H and O–H groups in total. The number of aliphatic carboxylic acids is 1. The highest BCUT2D eigenvalue weighted by molar-refractivity contribution is 5.66. The van der Waals surface area contributed by atoms with Crippen LogP contribution in [0.15, 0.2) is 36.4 Å². The number of carbonyl (C=O) groups is 1. The van der Waals surface area contributed by atoms with Gasteiger partial charge in [-0.25, -0.2) is 4.39 Å². The molecule has 0 aliphatic heterocycles. The molecule has 5 nitrogen and oxygen atoms in total. The van der Waals surface area contributed by atoms with Crippen molar-refractivity contribution in [2.45, 2.75) is 96.8 Å². The summed E-state index contributed by atoms with van der Waals surface area (Å²) in [6.45, 7) is 8.68. The first-order valence-corrected chi connectivity index (χ1v) is 13.7. The third kappa shape index (κ3) is 8.91. The number of hydrogen-bond acceptors (Lipinski definition) is 4. The second kappa shape index (κ2) is 13.5. The number of benzene rings is 2. The predicted octanol–water partition coefficient (Wildman–Crippen LogP) is 5.93. The Kier molecular flexibility index (Phi) is 10.7. The van der Waals surface area contributed by atoms with Crippen LogP contribution in [-0.2, 0) is 28.8 Å². The third-order valence-corrected chi connectivity index (χ3v) is 7.47. The van der Waals surface area contributed by atoms with Gasteiger partial charge in [0.2, 0.25) is 0 Å². The molecule has 2 aromatic rings. The third-order valence-electron chi connectivity index (χ3n) is 7.47. The zero-order valence-electron chi connectivity index (χ0n) is 22.9. The lowest BCUT2D eigenvalue weighted by molar-refractivity contribution is -0.137. The first kappa shape index (κ1) is 29.3. The standard InChI is InChI=1S/C31H44FNO4/c1-5-29(27-17-28(32)21(2)14-25(27)12-8-9-13-30(35)36)37-20-26(34)19-33-31(3,4)18-22-15-23-10-6-7-11-24(23)16-22/h6-7,10-11,14,17,22,26,29,33-34H,5,8-9,12-13,15-16,18-20H2,1-4H3,(H,35,36)/t26-,29-/m1/s1. The van der Waals surface area contributed by atoms with Gasteiger partial charge in [0, 0.05) is 18.5 Å². The van der Waals surface area contributed by atoms with Crippen molar-refractivity contribution >= 4 is 5.97 Å². The number of ether oxygens (including phenoxy) is 1. The maximum atomic E-state index is 14.5. The number of β-amino-alcohol motifs (C(OH)–C–C–N with tert-alkyl or cyclic N) is 1. The number of nitrogens with one attached hydrogen (secondary N) is 1. The van der Waals surface area contributed by atoms with E-state index in [0.717, 1.165) is 30.4 Å². The lowest BCUT2D eigenvalue weighted by Crippen LogP contribution is -2.45. The van der Waals surface area contributed by atoms with Gasteiger partial charge in [-0.05, 0) is 106 Å². The molecule has 1 aliphatic rings. The van der Waals surface area contributed by atoms with Crippen molar-refractivity contribution in [3.63, 3.8) is 0 Å². The zero-order valence-corrected chi connectivity index (χ0v) is 22.9. The molecule has 3 rings (SSSR count). The molecule has 204 valence electrons. The van der Waals surface area contributed by atoms with E-state index in [-0.39, 0.29) is 30.5 Å². The highest BCUT2D eigenvalue weighted by Crippen LogP contribution is 2.32. The smallest absolute Gasteiger partial charge is 0.303 e. The minimum atomic E-state index is -0.801. The molecule has 0 heterocycles. The van der Waals surface area contributed by atoms with Gasteiger partial charge >= 0.3 is 5.97 Å². The number of carboxylic acids is 1. The molecule has 0 spiro atoms. The summed E-state index contributed by atoms with van der Waals surface area (Å²) < 4.78 is 20.6. The normalized spacial score (nSPS) is 15.5. The summed E-state index contributed by atoms with van der Waals surface area (Å²) in [5.74, 6) is -0.475. The molecule has 0 aromatic heterocycles. The number of aliphatic hydroxyl groups excluding tert-OH is 1. The van der Waals surface area contributed by atoms with E-state index in [0.29, 0.717) is 43.7 Å². The molecular weight excluding hydrogens is 469 g/mol. The van der Waals surface area contributed by atoms with Crippen molar-refractivity contribution in [2.24, 2.45) is 5.92 Å². The van der Waals surface area contributed by atoms with Crippen LogP contribution in [0.1, 0.15) is 86.8 Å². The van der Waals surface area contributed by atoms with Crippen LogP contribution in [0.25, 0.3) is 0 Å². The Morgan fingerprint density at radius 2 is 1.86 bits per heavy atom. The summed E-state index contributed by atoms with van der Waals surface area (Å²) in [6.07, 6.45) is 4.99. The van der Waals surface area contributed by atoms with Crippen molar-refractivity contribution < 1.29 is 24.1 Å². The number of aliphatic hydroxyl groups is 1. The van der Waals surface area contributed by atoms with Crippen molar-refractivity contribution in [1.82, 2.24) is 5.32 Å². The summed E-state index contributed by atoms with van der Waals surface area (Å²) in [6, 6.07) is 12.1. The maximum Gasteiger partial charge on any atom is 0.303 e. The van der Waals surface area contributed by atoms with Crippen LogP contribution >= 0.6 is 0 Å². The van der Waals surface area contributed by atoms with E-state index in [9.17, 15) is 14.3 Å². The highest BCUT2D eigenvalue weighted by atomic mass is 19.1. The van der Waals surface area contributed by atoms with Gasteiger partial charge in [0.15, 0.2) is 0 Å². The van der Waals surface area contributed by atoms with Crippen molar-refractivity contribution in [1.29, 1.82) is 0 Å². The molecule has 0 radical (unpaired) electrons. The molecule has 0 bridgehead atoms. The number of hydrogen-bond donors (Lipinski definition) is 3. The second-order valence-corrected chi connectivity index (χ2v) is 11.3. The monoisotopic (exact) mass is 513 g/mol. The van der Waals surface area contributed by atoms with E-state index in [1.54, 1.807) is 13.0 Å². The molecule has 0 saturated carbocycles. The number of aryl methyl sites for hydroxylation is 2. The second-order valence-electron chi connectivity index (χ2n) is 11.3. The molecular formula is C31H44FNO4. The Hall–Kier alpha value is -2.28. The molecule has 37 heavy (non-hydrogen) atoms. The molecule has 0 fully saturated rings. The van der Waals surface area contributed by atoms with Crippen molar-refractivity contribution in [3.05, 3.63) is 70.0 Å². The Morgan fingerprint density at radius 1 is 1.19 bits per heavy atom. The molecule has 0 saturated heterocycles. The fourth-order valence-electron chi connectivity index (χ4n) is 5.56. The van der Waals surface area contributed by atoms with Gasteiger partial charge < -0.3 is 20.3 Å². The Morgan fingerprint density at radius 3 is 2.49 bits per heavy atom. The van der Waals surface area contributed by atoms with E-state index in [1.807, 2.05) is 13.0 Å². The van der Waals surface area contributed by atoms with Crippen LogP contribution in [0.2, 0.25) is 0 Å². The summed E-state index contributed by atoms with van der Waals surface area (Å²) >= 11 is 0. The predicted molar refractivity (Wildman–Crippen MR) is 145 cm³/mol. The molecule has 1 aliphatic carbocycles. The minimum absolute atomic E-state index is 0.110. The van der Waals surface area contributed by atoms with Crippen molar-refractivity contribution in [3.8, 4) is 0 Å². The maximum absolute atomic E-state index is 14.5. The van der Waals surface area contributed by atoms with Gasteiger partial charge in [-0.15, -0.1) is 0 Å². The topological polar surface area (TPSA) is 78.8 Å². The van der Waals surface area contributed by atoms with Crippen LogP contribution in [0.5, 0.6) is 0 Å². The van der Waals surface area contributed by atoms with E-state index >= 15 is 0 Å². The fraction of sp³-hybridized carbons (Fsp3) is 0.581. The molecule has 0 amide bonds. The van der Waals surface area contributed by atoms with Crippen LogP contribution in [0.4, 0.5) is 4.39 Å². The summed E-state index contributed by atoms with van der Waals surface area (Å²) in [7, 11) is 0. The van der Waals surface area contributed by atoms with Gasteiger partial charge in [0.1, 0.15) is 5.82 Å². The number of carboxylic acid groups (broad SMARTS) is 1. The van der Waals surface area contributed by atoms with Crippen LogP contribution in [-0.4, -0.2) is 41.0 Å². The molecule has 0 unspecified atom stereocenters. The quantitative estimate of drug-likeness (QED) is 0.257. The number of fused-ring (bicyclic) bond motifs is 1. The average Bonchev–Trinajstić information content (AvgIpc) is 3.24. The van der Waals surface area contributed by atoms with Gasteiger partial charge in [-0.2, -0.15) is 0 Å². The van der Waals surface area contributed by atoms with Gasteiger partial charge in [-0.1, -0.05) is 37.3 Å². The zero-order chi connectivity index (χ0) is 27.0. The molecule has 2 atom stereocenters. The summed E-state index contributed by atoms with van der Waals surface area (Å²) in [4.78, 5) is 10.8. The van der Waals surface area contributed by atoms with E-state index in [4.69, 9.17) is 9.84 Å². The first-order chi connectivity index (χ1) is 17.6. The summed E-state index contributed by atoms with van der Waals surface area (Å²) in [5.41, 5.74) is 5.15. The lowest BCUT2D eigenvalue weighted by atomic mass is 9.88.